The van der Waals surface area contributed by atoms with Crippen LogP contribution in [0.3, 0.4) is 0 Å². The summed E-state index contributed by atoms with van der Waals surface area (Å²) < 4.78 is 10.5. The van der Waals surface area contributed by atoms with Crippen LogP contribution in [0.15, 0.2) is 0 Å². The smallest absolute Gasteiger partial charge is 0.306 e. The summed E-state index contributed by atoms with van der Waals surface area (Å²) in [5.41, 5.74) is 0. The third-order valence-electron chi connectivity index (χ3n) is 3.33. The zero-order chi connectivity index (χ0) is 15.9. The molecule has 4 heteroatoms. The lowest BCUT2D eigenvalue weighted by Gasteiger charge is -2.16. The first-order valence-corrected chi connectivity index (χ1v) is 8.49. The lowest BCUT2D eigenvalue weighted by Crippen LogP contribution is -2.19. The van der Waals surface area contributed by atoms with Gasteiger partial charge in [-0.25, -0.2) is 0 Å². The molecule has 0 aromatic heterocycles. The molecule has 0 saturated carbocycles. The molecule has 0 heterocycles. The van der Waals surface area contributed by atoms with E-state index in [1.165, 1.54) is 0 Å². The number of ether oxygens (including phenoxy) is 2. The quantitative estimate of drug-likeness (QED) is 0.373. The average molecular weight is 300 g/mol. The van der Waals surface area contributed by atoms with E-state index in [4.69, 9.17) is 9.47 Å². The number of carbonyl (C=O) groups is 2. The Morgan fingerprint density at radius 2 is 1.48 bits per heavy atom. The monoisotopic (exact) mass is 300 g/mol. The van der Waals surface area contributed by atoms with Crippen molar-refractivity contribution in [2.24, 2.45) is 0 Å². The van der Waals surface area contributed by atoms with Crippen molar-refractivity contribution < 1.29 is 19.1 Å². The fourth-order valence-corrected chi connectivity index (χ4v) is 2.08. The number of carbonyl (C=O) groups excluding carboxylic acids is 2. The van der Waals surface area contributed by atoms with Crippen LogP contribution in [0.25, 0.3) is 0 Å². The van der Waals surface area contributed by atoms with Crippen molar-refractivity contribution in [3.05, 3.63) is 0 Å². The number of unbranched alkanes of at least 4 members (excludes halogenated alkanes) is 3. The second kappa shape index (κ2) is 13.9. The van der Waals surface area contributed by atoms with E-state index in [1.807, 2.05) is 0 Å². The van der Waals surface area contributed by atoms with Crippen molar-refractivity contribution in [2.45, 2.75) is 91.1 Å². The van der Waals surface area contributed by atoms with Crippen LogP contribution >= 0.6 is 0 Å². The molecule has 0 aliphatic heterocycles. The van der Waals surface area contributed by atoms with E-state index in [9.17, 15) is 9.59 Å². The molecule has 21 heavy (non-hydrogen) atoms. The van der Waals surface area contributed by atoms with E-state index in [0.29, 0.717) is 6.61 Å². The molecule has 4 nitrogen and oxygen atoms in total. The van der Waals surface area contributed by atoms with Crippen LogP contribution < -0.4 is 0 Å². The lowest BCUT2D eigenvalue weighted by molar-refractivity contribution is -0.154. The van der Waals surface area contributed by atoms with Gasteiger partial charge in [0.1, 0.15) is 6.10 Å². The minimum atomic E-state index is -0.302. The highest BCUT2D eigenvalue weighted by atomic mass is 16.5. The molecule has 0 aliphatic carbocycles. The minimum absolute atomic E-state index is 0.00280. The molecule has 0 amide bonds. The predicted octanol–water partition coefficient (Wildman–Crippen LogP) is 4.40. The van der Waals surface area contributed by atoms with Gasteiger partial charge in [0, 0.05) is 0 Å². The molecule has 0 N–H and O–H groups in total. The Morgan fingerprint density at radius 3 is 2.10 bits per heavy atom. The molecule has 124 valence electrons. The van der Waals surface area contributed by atoms with Crippen molar-refractivity contribution in [1.29, 1.82) is 0 Å². The third kappa shape index (κ3) is 12.4. The van der Waals surface area contributed by atoms with E-state index in [-0.39, 0.29) is 30.9 Å². The molecule has 0 radical (unpaired) electrons. The highest BCUT2D eigenvalue weighted by Gasteiger charge is 2.15. The fraction of sp³-hybridized carbons (Fsp3) is 0.882. The minimum Gasteiger partial charge on any atom is -0.466 e. The third-order valence-corrected chi connectivity index (χ3v) is 3.33. The average Bonchev–Trinajstić information content (AvgIpc) is 2.47. The van der Waals surface area contributed by atoms with Gasteiger partial charge in [-0.1, -0.05) is 52.9 Å². The van der Waals surface area contributed by atoms with Gasteiger partial charge in [0.25, 0.3) is 0 Å². The summed E-state index contributed by atoms with van der Waals surface area (Å²) in [5, 5.41) is 0. The van der Waals surface area contributed by atoms with Gasteiger partial charge >= 0.3 is 11.9 Å². The summed E-state index contributed by atoms with van der Waals surface area (Å²) in [6.45, 7) is 6.76. The molecule has 1 atom stereocenters. The molecule has 0 rings (SSSR count). The maximum absolute atomic E-state index is 11.7. The molecular weight excluding hydrogens is 268 g/mol. The summed E-state index contributed by atoms with van der Waals surface area (Å²) >= 11 is 0. The fourth-order valence-electron chi connectivity index (χ4n) is 2.08. The maximum atomic E-state index is 11.7. The molecule has 0 aromatic carbocycles. The summed E-state index contributed by atoms with van der Waals surface area (Å²) in [6.07, 6.45) is 8.28. The molecule has 1 unspecified atom stereocenters. The second-order valence-electron chi connectivity index (χ2n) is 5.47. The Bertz CT molecular complexity index is 276. The number of hydrogen-bond donors (Lipinski definition) is 0. The zero-order valence-corrected chi connectivity index (χ0v) is 14.0. The van der Waals surface area contributed by atoms with E-state index in [0.717, 1.165) is 51.4 Å². The molecule has 0 saturated heterocycles. The van der Waals surface area contributed by atoms with E-state index >= 15 is 0 Å². The summed E-state index contributed by atoms with van der Waals surface area (Å²) in [5.74, 6) is -0.585. The van der Waals surface area contributed by atoms with Crippen molar-refractivity contribution in [2.75, 3.05) is 6.61 Å². The van der Waals surface area contributed by atoms with Gasteiger partial charge in [-0.15, -0.1) is 0 Å². The highest BCUT2D eigenvalue weighted by molar-refractivity contribution is 5.77. The van der Waals surface area contributed by atoms with Crippen LogP contribution in [-0.2, 0) is 19.1 Å². The van der Waals surface area contributed by atoms with Crippen LogP contribution in [0.4, 0.5) is 0 Å². The lowest BCUT2D eigenvalue weighted by atomic mass is 10.1. The Kier molecular flexibility index (Phi) is 13.2. The van der Waals surface area contributed by atoms with E-state index < -0.39 is 0 Å². The first kappa shape index (κ1) is 19.9. The van der Waals surface area contributed by atoms with E-state index in [1.54, 1.807) is 0 Å². The van der Waals surface area contributed by atoms with Crippen molar-refractivity contribution in [3.8, 4) is 0 Å². The first-order chi connectivity index (χ1) is 10.1. The predicted molar refractivity (Wildman–Crippen MR) is 84.0 cm³/mol. The summed E-state index contributed by atoms with van der Waals surface area (Å²) in [7, 11) is 0. The second-order valence-corrected chi connectivity index (χ2v) is 5.47. The Morgan fingerprint density at radius 1 is 0.810 bits per heavy atom. The molecule has 0 fully saturated rings. The SMILES string of the molecule is CCCCCOC(=O)CCC(=O)OC(CCC)CCCC. The Balaban J connectivity index is 3.81. The highest BCUT2D eigenvalue weighted by Crippen LogP contribution is 2.12. The van der Waals surface area contributed by atoms with Gasteiger partial charge in [0.05, 0.1) is 19.4 Å². The largest absolute Gasteiger partial charge is 0.466 e. The number of hydrogen-bond acceptors (Lipinski definition) is 4. The van der Waals surface area contributed by atoms with Gasteiger partial charge in [-0.3, -0.25) is 9.59 Å². The van der Waals surface area contributed by atoms with Crippen molar-refractivity contribution >= 4 is 11.9 Å². The topological polar surface area (TPSA) is 52.6 Å². The molecular formula is C17H32O4. The molecule has 0 aromatic rings. The standard InChI is InChI=1S/C17H32O4/c1-4-7-9-14-20-16(18)12-13-17(19)21-15(10-6-3)11-8-5-2/h15H,4-14H2,1-3H3. The maximum Gasteiger partial charge on any atom is 0.306 e. The number of esters is 2. The van der Waals surface area contributed by atoms with Gasteiger partial charge in [0.15, 0.2) is 0 Å². The number of rotatable bonds is 13. The van der Waals surface area contributed by atoms with Crippen LogP contribution in [-0.4, -0.2) is 24.6 Å². The van der Waals surface area contributed by atoms with Crippen molar-refractivity contribution in [3.63, 3.8) is 0 Å². The Labute approximate surface area is 129 Å². The Hall–Kier alpha value is -1.06. The summed E-state index contributed by atoms with van der Waals surface area (Å²) in [4.78, 5) is 23.2. The van der Waals surface area contributed by atoms with Crippen LogP contribution in [0.5, 0.6) is 0 Å². The van der Waals surface area contributed by atoms with Crippen molar-refractivity contribution in [1.82, 2.24) is 0 Å². The zero-order valence-electron chi connectivity index (χ0n) is 14.0. The van der Waals surface area contributed by atoms with Crippen LogP contribution in [0.2, 0.25) is 0 Å². The van der Waals surface area contributed by atoms with E-state index in [2.05, 4.69) is 20.8 Å². The normalized spacial score (nSPS) is 12.0. The summed E-state index contributed by atoms with van der Waals surface area (Å²) in [6, 6.07) is 0. The van der Waals surface area contributed by atoms with Gasteiger partial charge in [-0.2, -0.15) is 0 Å². The first-order valence-electron chi connectivity index (χ1n) is 8.49. The van der Waals surface area contributed by atoms with Crippen LogP contribution in [0.1, 0.15) is 85.0 Å². The molecule has 0 spiro atoms. The molecule has 0 bridgehead atoms. The van der Waals surface area contributed by atoms with Gasteiger partial charge < -0.3 is 9.47 Å². The van der Waals surface area contributed by atoms with Gasteiger partial charge in [0.2, 0.25) is 0 Å². The van der Waals surface area contributed by atoms with Gasteiger partial charge in [-0.05, 0) is 19.3 Å². The van der Waals surface area contributed by atoms with Crippen LogP contribution in [0, 0.1) is 0 Å². The molecule has 0 aliphatic rings.